The van der Waals surface area contributed by atoms with Gasteiger partial charge in [-0.05, 0) is 18.6 Å². The van der Waals surface area contributed by atoms with Gasteiger partial charge in [-0.1, -0.05) is 125 Å². The molecule has 0 bridgehead atoms. The van der Waals surface area contributed by atoms with Gasteiger partial charge in [0.15, 0.2) is 0 Å². The first-order valence-corrected chi connectivity index (χ1v) is 13.8. The van der Waals surface area contributed by atoms with Crippen molar-refractivity contribution < 1.29 is 14.3 Å². The molecule has 1 aromatic carbocycles. The molecule has 0 aliphatic rings. The summed E-state index contributed by atoms with van der Waals surface area (Å²) in [4.78, 5) is 12.0. The Kier molecular flexibility index (Phi) is 19.1. The van der Waals surface area contributed by atoms with Crippen molar-refractivity contribution in [3.63, 3.8) is 0 Å². The van der Waals surface area contributed by atoms with Crippen LogP contribution in [0.5, 0.6) is 0 Å². The van der Waals surface area contributed by atoms with Gasteiger partial charge in [0.2, 0.25) is 0 Å². The number of hydrogen-bond donors (Lipinski definition) is 0. The van der Waals surface area contributed by atoms with E-state index in [1.54, 1.807) is 12.1 Å². The minimum atomic E-state index is -0.265. The molecule has 178 valence electrons. The van der Waals surface area contributed by atoms with Crippen LogP contribution in [-0.4, -0.2) is 31.1 Å². The summed E-state index contributed by atoms with van der Waals surface area (Å²) in [5.74, 6) is -0.0715. The Hall–Kier alpha value is -0.870. The smallest absolute Gasteiger partial charge is 0.338 e. The van der Waals surface area contributed by atoms with Crippen LogP contribution in [0, 0.1) is 5.92 Å². The summed E-state index contributed by atoms with van der Waals surface area (Å²) in [6, 6.07) is 9.13. The number of halogens is 1. The van der Waals surface area contributed by atoms with E-state index in [9.17, 15) is 4.79 Å². The molecule has 1 unspecified atom stereocenters. The van der Waals surface area contributed by atoms with E-state index in [-0.39, 0.29) is 11.9 Å². The molecule has 0 amide bonds. The van der Waals surface area contributed by atoms with Gasteiger partial charge < -0.3 is 9.47 Å². The van der Waals surface area contributed by atoms with Gasteiger partial charge in [0.25, 0.3) is 0 Å². The lowest BCUT2D eigenvalue weighted by Crippen LogP contribution is -2.20. The van der Waals surface area contributed by atoms with Gasteiger partial charge in [0.1, 0.15) is 0 Å². The zero-order chi connectivity index (χ0) is 22.4. The summed E-state index contributed by atoms with van der Waals surface area (Å²) in [7, 11) is 0. The maximum atomic E-state index is 12.0. The fourth-order valence-electron chi connectivity index (χ4n) is 3.64. The Morgan fingerprint density at radius 2 is 1.29 bits per heavy atom. The van der Waals surface area contributed by atoms with E-state index in [0.717, 1.165) is 18.4 Å². The first-order valence-electron chi connectivity index (χ1n) is 12.6. The van der Waals surface area contributed by atoms with Crippen molar-refractivity contribution >= 4 is 21.9 Å². The van der Waals surface area contributed by atoms with Gasteiger partial charge in [-0.25, -0.2) is 4.79 Å². The van der Waals surface area contributed by atoms with Gasteiger partial charge in [-0.15, -0.1) is 0 Å². The van der Waals surface area contributed by atoms with Crippen molar-refractivity contribution in [1.29, 1.82) is 0 Å². The average Bonchev–Trinajstić information content (AvgIpc) is 2.81. The Morgan fingerprint density at radius 3 is 1.81 bits per heavy atom. The van der Waals surface area contributed by atoms with Crippen molar-refractivity contribution in [3.05, 3.63) is 35.9 Å². The number of carbonyl (C=O) groups is 1. The molecule has 0 spiro atoms. The van der Waals surface area contributed by atoms with Crippen LogP contribution in [0.1, 0.15) is 107 Å². The lowest BCUT2D eigenvalue weighted by Gasteiger charge is -2.15. The van der Waals surface area contributed by atoms with E-state index in [0.29, 0.717) is 18.8 Å². The molecule has 0 aliphatic carbocycles. The Morgan fingerprint density at radius 1 is 0.774 bits per heavy atom. The summed E-state index contributed by atoms with van der Waals surface area (Å²) in [5.41, 5.74) is 0.596. The number of benzene rings is 1. The SMILES string of the molecule is CCCCCCCCCCCCCCCCOCC(CBr)COC(=O)c1ccccc1. The molecule has 4 heteroatoms. The van der Waals surface area contributed by atoms with Crippen molar-refractivity contribution in [1.82, 2.24) is 0 Å². The third kappa shape index (κ3) is 16.4. The molecule has 0 saturated carbocycles. The van der Waals surface area contributed by atoms with Crippen LogP contribution in [-0.2, 0) is 9.47 Å². The first-order chi connectivity index (χ1) is 15.3. The van der Waals surface area contributed by atoms with Crippen molar-refractivity contribution in [2.24, 2.45) is 5.92 Å². The third-order valence-electron chi connectivity index (χ3n) is 5.67. The molecule has 0 radical (unpaired) electrons. The highest BCUT2D eigenvalue weighted by Gasteiger charge is 2.12. The average molecular weight is 498 g/mol. The summed E-state index contributed by atoms with van der Waals surface area (Å²) >= 11 is 3.50. The van der Waals surface area contributed by atoms with Crippen molar-refractivity contribution in [2.45, 2.75) is 96.8 Å². The van der Waals surface area contributed by atoms with Crippen LogP contribution in [0.4, 0.5) is 0 Å². The molecule has 0 fully saturated rings. The van der Waals surface area contributed by atoms with Gasteiger partial charge >= 0.3 is 5.97 Å². The van der Waals surface area contributed by atoms with Gasteiger partial charge in [0.05, 0.1) is 18.8 Å². The first kappa shape index (κ1) is 28.2. The number of unbranched alkanes of at least 4 members (excludes halogenated alkanes) is 13. The molecule has 3 nitrogen and oxygen atoms in total. The quantitative estimate of drug-likeness (QED) is 0.0973. The van der Waals surface area contributed by atoms with Crippen LogP contribution >= 0.6 is 15.9 Å². The van der Waals surface area contributed by atoms with Crippen LogP contribution in [0.2, 0.25) is 0 Å². The predicted octanol–water partition coefficient (Wildman–Crippen LogP) is 8.35. The maximum absolute atomic E-state index is 12.0. The molecule has 1 rings (SSSR count). The van der Waals surface area contributed by atoms with E-state index in [2.05, 4.69) is 22.9 Å². The number of carbonyl (C=O) groups excluding carboxylic acids is 1. The molecule has 0 N–H and O–H groups in total. The predicted molar refractivity (Wildman–Crippen MR) is 135 cm³/mol. The highest BCUT2D eigenvalue weighted by Crippen LogP contribution is 2.13. The second-order valence-electron chi connectivity index (χ2n) is 8.66. The Labute approximate surface area is 199 Å². The molecule has 0 saturated heterocycles. The second-order valence-corrected chi connectivity index (χ2v) is 9.30. The molecular weight excluding hydrogens is 452 g/mol. The van der Waals surface area contributed by atoms with Crippen LogP contribution < -0.4 is 0 Å². The molecule has 1 aromatic rings. The summed E-state index contributed by atoms with van der Waals surface area (Å²) in [5, 5.41) is 0.772. The minimum absolute atomic E-state index is 0.194. The molecular formula is C27H45BrO3. The second kappa shape index (κ2) is 21.0. The number of esters is 1. The highest BCUT2D eigenvalue weighted by molar-refractivity contribution is 9.09. The standard InChI is InChI=1S/C27H45BrO3/c1-2-3-4-5-6-7-8-9-10-11-12-13-14-18-21-30-23-25(22-28)24-31-27(29)26-19-16-15-17-20-26/h15-17,19-20,25H,2-14,18,21-24H2,1H3. The number of rotatable bonds is 21. The summed E-state index contributed by atoms with van der Waals surface area (Å²) in [6.07, 6.45) is 19.2. The van der Waals surface area contributed by atoms with Gasteiger partial charge in [0, 0.05) is 17.9 Å². The fraction of sp³-hybridized carbons (Fsp3) is 0.741. The lowest BCUT2D eigenvalue weighted by molar-refractivity contribution is 0.0322. The van der Waals surface area contributed by atoms with Gasteiger partial charge in [-0.3, -0.25) is 0 Å². The minimum Gasteiger partial charge on any atom is -0.462 e. The van der Waals surface area contributed by atoms with E-state index >= 15 is 0 Å². The van der Waals surface area contributed by atoms with Crippen LogP contribution in [0.15, 0.2) is 30.3 Å². The molecule has 31 heavy (non-hydrogen) atoms. The van der Waals surface area contributed by atoms with Crippen LogP contribution in [0.25, 0.3) is 0 Å². The lowest BCUT2D eigenvalue weighted by atomic mass is 10.0. The molecule has 0 aliphatic heterocycles. The summed E-state index contributed by atoms with van der Waals surface area (Å²) < 4.78 is 11.2. The number of ether oxygens (including phenoxy) is 2. The van der Waals surface area contributed by atoms with E-state index in [4.69, 9.17) is 9.47 Å². The maximum Gasteiger partial charge on any atom is 0.338 e. The Bertz CT molecular complexity index is 520. The summed E-state index contributed by atoms with van der Waals surface area (Å²) in [6.45, 7) is 4.10. The molecule has 0 aromatic heterocycles. The highest BCUT2D eigenvalue weighted by atomic mass is 79.9. The largest absolute Gasteiger partial charge is 0.462 e. The molecule has 1 atom stereocenters. The fourth-order valence-corrected chi connectivity index (χ4v) is 4.01. The zero-order valence-corrected chi connectivity index (χ0v) is 21.4. The normalized spacial score (nSPS) is 12.1. The van der Waals surface area contributed by atoms with Crippen molar-refractivity contribution in [2.75, 3.05) is 25.2 Å². The van der Waals surface area contributed by atoms with E-state index < -0.39 is 0 Å². The van der Waals surface area contributed by atoms with E-state index in [1.165, 1.54) is 83.5 Å². The zero-order valence-electron chi connectivity index (χ0n) is 19.8. The van der Waals surface area contributed by atoms with Crippen molar-refractivity contribution in [3.8, 4) is 0 Å². The number of alkyl halides is 1. The van der Waals surface area contributed by atoms with E-state index in [1.807, 2.05) is 18.2 Å². The number of hydrogen-bond acceptors (Lipinski definition) is 3. The van der Waals surface area contributed by atoms with Gasteiger partial charge in [-0.2, -0.15) is 0 Å². The molecule has 0 heterocycles. The van der Waals surface area contributed by atoms with Crippen LogP contribution in [0.3, 0.4) is 0 Å². The monoisotopic (exact) mass is 496 g/mol. The third-order valence-corrected chi connectivity index (χ3v) is 6.59. The Balaban J connectivity index is 1.86. The topological polar surface area (TPSA) is 35.5 Å².